The number of likely N-dealkylation sites (N-methyl/N-ethyl adjacent to an activating group) is 1. The van der Waals surface area contributed by atoms with Crippen LogP contribution < -0.4 is 4.18 Å². The van der Waals surface area contributed by atoms with Gasteiger partial charge in [0, 0.05) is 43.8 Å². The van der Waals surface area contributed by atoms with Gasteiger partial charge in [0.05, 0.1) is 23.4 Å². The number of halogens is 1. The molecule has 0 N–H and O–H groups in total. The van der Waals surface area contributed by atoms with E-state index >= 15 is 0 Å². The number of piperazine rings is 1. The molecule has 1 saturated heterocycles. The highest BCUT2D eigenvalue weighted by Crippen LogP contribution is 2.35. The summed E-state index contributed by atoms with van der Waals surface area (Å²) in [7, 11) is -2.04. The molecule has 0 bridgehead atoms. The smallest absolute Gasteiger partial charge is 0.340 e. The second-order valence-corrected chi connectivity index (χ2v) is 11.5. The molecular weight excluding hydrogens is 533 g/mol. The minimum Gasteiger partial charge on any atom is -0.462 e. The number of nitrogens with zero attached hydrogens (tertiary/aromatic N) is 3. The monoisotopic (exact) mass is 565 g/mol. The van der Waals surface area contributed by atoms with E-state index in [0.717, 1.165) is 31.7 Å². The molecule has 210 valence electrons. The summed E-state index contributed by atoms with van der Waals surface area (Å²) in [6, 6.07) is 17.3. The zero-order valence-corrected chi connectivity index (χ0v) is 23.6. The quantitative estimate of drug-likeness (QED) is 0.225. The molecule has 0 aliphatic carbocycles. The molecule has 1 aromatic heterocycles. The minimum atomic E-state index is -4.11. The third-order valence-corrected chi connectivity index (χ3v) is 8.35. The molecule has 0 radical (unpaired) electrons. The summed E-state index contributed by atoms with van der Waals surface area (Å²) in [6.07, 6.45) is 0. The van der Waals surface area contributed by atoms with Crippen molar-refractivity contribution in [3.05, 3.63) is 89.4 Å². The maximum Gasteiger partial charge on any atom is 0.340 e. The van der Waals surface area contributed by atoms with Crippen molar-refractivity contribution in [3.8, 4) is 11.4 Å². The summed E-state index contributed by atoms with van der Waals surface area (Å²) in [5.74, 6) is -0.819. The van der Waals surface area contributed by atoms with E-state index < -0.39 is 16.1 Å². The molecule has 2 heterocycles. The Morgan fingerprint density at radius 2 is 1.62 bits per heavy atom. The van der Waals surface area contributed by atoms with E-state index in [9.17, 15) is 17.6 Å². The molecule has 0 saturated carbocycles. The summed E-state index contributed by atoms with van der Waals surface area (Å²) in [5.41, 5.74) is 3.27. The van der Waals surface area contributed by atoms with Gasteiger partial charge in [0.15, 0.2) is 0 Å². The Morgan fingerprint density at radius 1 is 0.950 bits per heavy atom. The Hall–Kier alpha value is -3.73. The van der Waals surface area contributed by atoms with Gasteiger partial charge in [-0.1, -0.05) is 17.7 Å². The number of hydrogen-bond donors (Lipinski definition) is 0. The van der Waals surface area contributed by atoms with Gasteiger partial charge in [-0.15, -0.1) is 0 Å². The molecule has 1 aliphatic heterocycles. The van der Waals surface area contributed by atoms with E-state index in [1.807, 2.05) is 11.5 Å². The lowest BCUT2D eigenvalue weighted by Gasteiger charge is -2.32. The largest absolute Gasteiger partial charge is 0.462 e. The number of carbonyl (C=O) groups is 1. The van der Waals surface area contributed by atoms with Crippen molar-refractivity contribution in [2.45, 2.75) is 25.3 Å². The van der Waals surface area contributed by atoms with Crippen molar-refractivity contribution in [3.63, 3.8) is 0 Å². The number of esters is 1. The maximum atomic E-state index is 13.9. The van der Waals surface area contributed by atoms with Gasteiger partial charge in [0.25, 0.3) is 0 Å². The Morgan fingerprint density at radius 3 is 2.27 bits per heavy atom. The van der Waals surface area contributed by atoms with Crippen LogP contribution in [0.25, 0.3) is 16.6 Å². The molecule has 0 unspecified atom stereocenters. The van der Waals surface area contributed by atoms with E-state index in [2.05, 4.69) is 16.8 Å². The lowest BCUT2D eigenvalue weighted by molar-refractivity contribution is 0.0525. The summed E-state index contributed by atoms with van der Waals surface area (Å²) >= 11 is 0. The van der Waals surface area contributed by atoms with Gasteiger partial charge in [-0.2, -0.15) is 8.42 Å². The van der Waals surface area contributed by atoms with E-state index in [-0.39, 0.29) is 23.1 Å². The van der Waals surface area contributed by atoms with Crippen LogP contribution in [0.15, 0.2) is 71.6 Å². The second-order valence-electron chi connectivity index (χ2n) is 9.96. The molecule has 0 spiro atoms. The first-order valence-electron chi connectivity index (χ1n) is 13.2. The van der Waals surface area contributed by atoms with Gasteiger partial charge < -0.3 is 18.4 Å². The van der Waals surface area contributed by atoms with Crippen molar-refractivity contribution in [1.82, 2.24) is 14.4 Å². The topological polar surface area (TPSA) is 81.1 Å². The van der Waals surface area contributed by atoms with Crippen LogP contribution in [-0.4, -0.2) is 68.6 Å². The normalized spacial score (nSPS) is 14.9. The van der Waals surface area contributed by atoms with E-state index in [0.29, 0.717) is 34.4 Å². The van der Waals surface area contributed by atoms with Gasteiger partial charge in [0.1, 0.15) is 16.5 Å². The number of rotatable bonds is 8. The van der Waals surface area contributed by atoms with Crippen LogP contribution in [0.4, 0.5) is 4.39 Å². The highest BCUT2D eigenvalue weighted by atomic mass is 32.2. The lowest BCUT2D eigenvalue weighted by Crippen LogP contribution is -2.44. The van der Waals surface area contributed by atoms with Crippen LogP contribution in [-0.2, 0) is 21.4 Å². The molecule has 1 aliphatic rings. The standard InChI is InChI=1S/C30H32FN3O5S/c1-4-38-30(35)29-26-19-24(39-40(36,37)25-12-5-21(2)6-13-25)11-14-27(26)34(23-9-7-22(31)8-10-23)28(29)20-33-17-15-32(3)16-18-33/h5-14,19H,4,15-18,20H2,1-3H3. The Bertz CT molecular complexity index is 1620. The average molecular weight is 566 g/mol. The number of hydrogen-bond acceptors (Lipinski definition) is 7. The fourth-order valence-electron chi connectivity index (χ4n) is 4.94. The first-order chi connectivity index (χ1) is 19.2. The van der Waals surface area contributed by atoms with Gasteiger partial charge in [0.2, 0.25) is 0 Å². The molecule has 3 aromatic carbocycles. The van der Waals surface area contributed by atoms with Gasteiger partial charge in [-0.3, -0.25) is 4.90 Å². The number of benzene rings is 3. The predicted octanol–water partition coefficient (Wildman–Crippen LogP) is 4.77. The molecule has 1 fully saturated rings. The Balaban J connectivity index is 1.66. The summed E-state index contributed by atoms with van der Waals surface area (Å²) in [6.45, 7) is 7.63. The molecule has 0 amide bonds. The number of ether oxygens (including phenoxy) is 1. The molecular formula is C30H32FN3O5S. The SMILES string of the molecule is CCOC(=O)c1c(CN2CCN(C)CC2)n(-c2ccc(F)cc2)c2ccc(OS(=O)(=O)c3ccc(C)cc3)cc12. The van der Waals surface area contributed by atoms with E-state index in [1.54, 1.807) is 49.4 Å². The fourth-order valence-corrected chi connectivity index (χ4v) is 5.86. The third kappa shape index (κ3) is 5.74. The van der Waals surface area contributed by atoms with Crippen molar-refractivity contribution in [2.75, 3.05) is 39.8 Å². The van der Waals surface area contributed by atoms with Crippen LogP contribution in [0.3, 0.4) is 0 Å². The van der Waals surface area contributed by atoms with Crippen molar-refractivity contribution in [2.24, 2.45) is 0 Å². The number of fused-ring (bicyclic) bond motifs is 1. The van der Waals surface area contributed by atoms with Crippen molar-refractivity contribution in [1.29, 1.82) is 0 Å². The number of carbonyl (C=O) groups excluding carboxylic acids is 1. The molecule has 4 aromatic rings. The number of aryl methyl sites for hydroxylation is 1. The first kappa shape index (κ1) is 27.8. The van der Waals surface area contributed by atoms with Crippen molar-refractivity contribution < 1.29 is 26.5 Å². The van der Waals surface area contributed by atoms with Crippen LogP contribution in [0.2, 0.25) is 0 Å². The molecule has 0 atom stereocenters. The van der Waals surface area contributed by atoms with E-state index in [4.69, 9.17) is 8.92 Å². The molecule has 10 heteroatoms. The van der Waals surface area contributed by atoms with Gasteiger partial charge in [-0.25, -0.2) is 9.18 Å². The van der Waals surface area contributed by atoms with Crippen LogP contribution in [0, 0.1) is 12.7 Å². The summed E-state index contributed by atoms with van der Waals surface area (Å²) < 4.78 is 52.8. The van der Waals surface area contributed by atoms with Crippen LogP contribution in [0.5, 0.6) is 5.75 Å². The van der Waals surface area contributed by atoms with Gasteiger partial charge in [-0.05, 0) is 75.5 Å². The number of aromatic nitrogens is 1. The molecule has 5 rings (SSSR count). The zero-order valence-electron chi connectivity index (χ0n) is 22.8. The van der Waals surface area contributed by atoms with Crippen LogP contribution >= 0.6 is 0 Å². The van der Waals surface area contributed by atoms with Crippen LogP contribution in [0.1, 0.15) is 28.5 Å². The predicted molar refractivity (Wildman–Crippen MR) is 151 cm³/mol. The van der Waals surface area contributed by atoms with Crippen molar-refractivity contribution >= 4 is 27.0 Å². The highest BCUT2D eigenvalue weighted by molar-refractivity contribution is 7.87. The fraction of sp³-hybridized carbons (Fsp3) is 0.300. The third-order valence-electron chi connectivity index (χ3n) is 7.09. The molecule has 8 nitrogen and oxygen atoms in total. The summed E-state index contributed by atoms with van der Waals surface area (Å²) in [4.78, 5) is 18.0. The summed E-state index contributed by atoms with van der Waals surface area (Å²) in [5, 5.41) is 0.489. The zero-order chi connectivity index (χ0) is 28.4. The Kier molecular flexibility index (Phi) is 7.93. The lowest BCUT2D eigenvalue weighted by atomic mass is 10.1. The highest BCUT2D eigenvalue weighted by Gasteiger charge is 2.28. The first-order valence-corrected chi connectivity index (χ1v) is 14.6. The van der Waals surface area contributed by atoms with Gasteiger partial charge >= 0.3 is 16.1 Å². The van der Waals surface area contributed by atoms with E-state index in [1.165, 1.54) is 24.3 Å². The minimum absolute atomic E-state index is 0.0310. The average Bonchev–Trinajstić information content (AvgIpc) is 3.23. The molecule has 40 heavy (non-hydrogen) atoms. The Labute approximate surface area is 233 Å². The maximum absolute atomic E-state index is 13.9. The second kappa shape index (κ2) is 11.4.